The monoisotopic (exact) mass is 218 g/mol. The Morgan fingerprint density at radius 1 is 1.25 bits per heavy atom. The number of hydrogen-bond acceptors (Lipinski definition) is 3. The van der Waals surface area contributed by atoms with Gasteiger partial charge in [-0.3, -0.25) is 4.68 Å². The summed E-state index contributed by atoms with van der Waals surface area (Å²) in [5, 5.41) is 22.8. The maximum absolute atomic E-state index is 9.31. The van der Waals surface area contributed by atoms with Gasteiger partial charge in [-0.15, -0.1) is 0 Å². The first-order chi connectivity index (χ1) is 7.61. The average Bonchev–Trinajstić information content (AvgIpc) is 2.58. The molecule has 2 rings (SSSR count). The fourth-order valence-electron chi connectivity index (χ4n) is 1.87. The molecule has 2 aromatic rings. The lowest BCUT2D eigenvalue weighted by molar-refractivity contribution is -0.0420. The molecule has 0 unspecified atom stereocenters. The number of benzene rings is 1. The number of nitrogens with zero attached hydrogens (tertiary/aromatic N) is 2. The van der Waals surface area contributed by atoms with Gasteiger partial charge < -0.3 is 10.2 Å². The molecule has 84 valence electrons. The Balaban J connectivity index is 2.64. The first-order valence-electron chi connectivity index (χ1n) is 5.05. The van der Waals surface area contributed by atoms with Crippen LogP contribution < -0.4 is 0 Å². The number of hydrogen-bond donors (Lipinski definition) is 2. The molecular formula is C12H14N2O2. The molecule has 4 heteroatoms. The first kappa shape index (κ1) is 10.9. The Kier molecular flexibility index (Phi) is 2.77. The van der Waals surface area contributed by atoms with Crippen LogP contribution in [-0.4, -0.2) is 20.0 Å². The lowest BCUT2D eigenvalue weighted by Gasteiger charge is -2.12. The largest absolute Gasteiger partial charge is 0.364 e. The van der Waals surface area contributed by atoms with Gasteiger partial charge in [-0.25, -0.2) is 0 Å². The van der Waals surface area contributed by atoms with Gasteiger partial charge in [0.15, 0.2) is 6.29 Å². The summed E-state index contributed by atoms with van der Waals surface area (Å²) in [6.07, 6.45) is 0.293. The summed E-state index contributed by atoms with van der Waals surface area (Å²) in [6.45, 7) is 1.95. The minimum absolute atomic E-state index is 0.495. The molecule has 1 heterocycles. The third-order valence-electron chi connectivity index (χ3n) is 2.62. The Morgan fingerprint density at radius 3 is 2.50 bits per heavy atom. The predicted octanol–water partition coefficient (Wildman–Crippen LogP) is 1.38. The molecule has 0 amide bonds. The Labute approximate surface area is 93.8 Å². The first-order valence-corrected chi connectivity index (χ1v) is 5.05. The van der Waals surface area contributed by atoms with E-state index in [1.54, 1.807) is 23.0 Å². The van der Waals surface area contributed by atoms with Crippen LogP contribution in [0.2, 0.25) is 0 Å². The zero-order valence-corrected chi connectivity index (χ0v) is 9.25. The molecule has 0 aliphatic carbocycles. The molecule has 1 aromatic heterocycles. The molecule has 4 nitrogen and oxygen atoms in total. The molecule has 0 radical (unpaired) electrons. The van der Waals surface area contributed by atoms with Gasteiger partial charge in [0.05, 0.1) is 11.9 Å². The van der Waals surface area contributed by atoms with Crippen molar-refractivity contribution in [2.75, 3.05) is 0 Å². The molecule has 0 fully saturated rings. The van der Waals surface area contributed by atoms with Crippen molar-refractivity contribution in [1.29, 1.82) is 0 Å². The Hall–Kier alpha value is -1.65. The number of aliphatic hydroxyl groups excluding tert-OH is 1. The van der Waals surface area contributed by atoms with Crippen molar-refractivity contribution in [1.82, 2.24) is 9.78 Å². The summed E-state index contributed by atoms with van der Waals surface area (Å²) in [5.74, 6) is 0. The standard InChI is InChI=1S/C12H14N2O2/c1-8-7-13-14(2)11(8)9-5-3-4-6-10(9)12(15)16/h3-7,12,15-16H,1-2H3. The van der Waals surface area contributed by atoms with Crippen molar-refractivity contribution >= 4 is 0 Å². The van der Waals surface area contributed by atoms with Gasteiger partial charge in [0.2, 0.25) is 0 Å². The molecule has 16 heavy (non-hydrogen) atoms. The average molecular weight is 218 g/mol. The van der Waals surface area contributed by atoms with E-state index in [0.717, 1.165) is 16.8 Å². The van der Waals surface area contributed by atoms with Crippen LogP contribution in [0.3, 0.4) is 0 Å². The Morgan fingerprint density at radius 2 is 1.94 bits per heavy atom. The van der Waals surface area contributed by atoms with Gasteiger partial charge in [0, 0.05) is 18.2 Å². The zero-order valence-electron chi connectivity index (χ0n) is 9.25. The predicted molar refractivity (Wildman–Crippen MR) is 60.6 cm³/mol. The quantitative estimate of drug-likeness (QED) is 0.749. The summed E-state index contributed by atoms with van der Waals surface area (Å²) in [7, 11) is 1.84. The van der Waals surface area contributed by atoms with Crippen LogP contribution in [0, 0.1) is 6.92 Å². The van der Waals surface area contributed by atoms with Crippen LogP contribution in [0.1, 0.15) is 17.4 Å². The molecule has 0 saturated heterocycles. The van der Waals surface area contributed by atoms with Crippen LogP contribution in [0.4, 0.5) is 0 Å². The van der Waals surface area contributed by atoms with E-state index in [9.17, 15) is 10.2 Å². The molecule has 2 N–H and O–H groups in total. The molecule has 0 bridgehead atoms. The highest BCUT2D eigenvalue weighted by Gasteiger charge is 2.14. The van der Waals surface area contributed by atoms with Crippen LogP contribution in [0.5, 0.6) is 0 Å². The smallest absolute Gasteiger partial charge is 0.179 e. The van der Waals surface area contributed by atoms with Crippen molar-refractivity contribution in [3.8, 4) is 11.3 Å². The number of aliphatic hydroxyl groups is 2. The van der Waals surface area contributed by atoms with Crippen LogP contribution in [0.15, 0.2) is 30.5 Å². The summed E-state index contributed by atoms with van der Waals surface area (Å²) < 4.78 is 1.73. The Bertz CT molecular complexity index is 484. The van der Waals surface area contributed by atoms with Gasteiger partial charge >= 0.3 is 0 Å². The van der Waals surface area contributed by atoms with Crippen molar-refractivity contribution < 1.29 is 10.2 Å². The number of rotatable bonds is 2. The summed E-state index contributed by atoms with van der Waals surface area (Å²) in [5.41, 5.74) is 3.21. The highest BCUT2D eigenvalue weighted by Crippen LogP contribution is 2.28. The van der Waals surface area contributed by atoms with Gasteiger partial charge in [-0.1, -0.05) is 24.3 Å². The van der Waals surface area contributed by atoms with Gasteiger partial charge in [-0.05, 0) is 12.5 Å². The lowest BCUT2D eigenvalue weighted by atomic mass is 10.0. The second-order valence-corrected chi connectivity index (χ2v) is 3.76. The van der Waals surface area contributed by atoms with E-state index in [1.165, 1.54) is 0 Å². The van der Waals surface area contributed by atoms with Crippen molar-refractivity contribution in [3.05, 3.63) is 41.6 Å². The highest BCUT2D eigenvalue weighted by molar-refractivity contribution is 5.67. The summed E-state index contributed by atoms with van der Waals surface area (Å²) in [4.78, 5) is 0. The van der Waals surface area contributed by atoms with Gasteiger partial charge in [0.25, 0.3) is 0 Å². The van der Waals surface area contributed by atoms with Crippen molar-refractivity contribution in [2.24, 2.45) is 7.05 Å². The van der Waals surface area contributed by atoms with Crippen LogP contribution in [0.25, 0.3) is 11.3 Å². The fraction of sp³-hybridized carbons (Fsp3) is 0.250. The van der Waals surface area contributed by atoms with E-state index in [1.807, 2.05) is 26.1 Å². The SMILES string of the molecule is Cc1cnn(C)c1-c1ccccc1C(O)O. The molecular weight excluding hydrogens is 204 g/mol. The van der Waals surface area contributed by atoms with Gasteiger partial charge in [0.1, 0.15) is 0 Å². The van der Waals surface area contributed by atoms with Crippen LogP contribution >= 0.6 is 0 Å². The highest BCUT2D eigenvalue weighted by atomic mass is 16.5. The molecule has 0 aliphatic heterocycles. The topological polar surface area (TPSA) is 58.3 Å². The third kappa shape index (κ3) is 1.73. The minimum Gasteiger partial charge on any atom is -0.364 e. The van der Waals surface area contributed by atoms with E-state index >= 15 is 0 Å². The normalized spacial score (nSPS) is 11.1. The maximum Gasteiger partial charge on any atom is 0.179 e. The summed E-state index contributed by atoms with van der Waals surface area (Å²) >= 11 is 0. The van der Waals surface area contributed by atoms with E-state index < -0.39 is 6.29 Å². The molecule has 0 spiro atoms. The number of aromatic nitrogens is 2. The maximum atomic E-state index is 9.31. The third-order valence-corrected chi connectivity index (χ3v) is 2.62. The van der Waals surface area contributed by atoms with Crippen molar-refractivity contribution in [3.63, 3.8) is 0 Å². The van der Waals surface area contributed by atoms with E-state index in [4.69, 9.17) is 0 Å². The van der Waals surface area contributed by atoms with Crippen molar-refractivity contribution in [2.45, 2.75) is 13.2 Å². The van der Waals surface area contributed by atoms with Crippen LogP contribution in [-0.2, 0) is 7.05 Å². The van der Waals surface area contributed by atoms with E-state index in [2.05, 4.69) is 5.10 Å². The van der Waals surface area contributed by atoms with E-state index in [0.29, 0.717) is 5.56 Å². The van der Waals surface area contributed by atoms with E-state index in [-0.39, 0.29) is 0 Å². The molecule has 1 aromatic carbocycles. The molecule has 0 atom stereocenters. The van der Waals surface area contributed by atoms with Gasteiger partial charge in [-0.2, -0.15) is 5.10 Å². The zero-order chi connectivity index (χ0) is 11.7. The second kappa shape index (κ2) is 4.08. The second-order valence-electron chi connectivity index (χ2n) is 3.76. The summed E-state index contributed by atoms with van der Waals surface area (Å²) in [6, 6.07) is 7.21. The number of aryl methyl sites for hydroxylation is 2. The molecule has 0 saturated carbocycles. The fourth-order valence-corrected chi connectivity index (χ4v) is 1.87. The minimum atomic E-state index is -1.47. The molecule has 0 aliphatic rings. The lowest BCUT2D eigenvalue weighted by Crippen LogP contribution is -2.01.